The van der Waals surface area contributed by atoms with Gasteiger partial charge < -0.3 is 15.0 Å². The molecule has 0 radical (unpaired) electrons. The van der Waals surface area contributed by atoms with E-state index in [9.17, 15) is 8.42 Å². The average molecular weight is 505 g/mol. The Hall–Kier alpha value is -0.870. The van der Waals surface area contributed by atoms with E-state index in [1.54, 1.807) is 0 Å². The van der Waals surface area contributed by atoms with Crippen molar-refractivity contribution in [1.29, 1.82) is 0 Å². The van der Waals surface area contributed by atoms with Crippen molar-refractivity contribution in [2.45, 2.75) is 37.3 Å². The molecule has 3 aliphatic rings. The van der Waals surface area contributed by atoms with Crippen LogP contribution in [-0.2, 0) is 26.9 Å². The Morgan fingerprint density at radius 3 is 2.44 bits per heavy atom. The van der Waals surface area contributed by atoms with Crippen molar-refractivity contribution in [2.75, 3.05) is 26.4 Å². The maximum Gasteiger partial charge on any atom is 0.193 e. The lowest BCUT2D eigenvalue weighted by molar-refractivity contribution is 0.0767. The van der Waals surface area contributed by atoms with Crippen LogP contribution >= 0.6 is 24.0 Å². The molecule has 3 fully saturated rings. The zero-order chi connectivity index (χ0) is 18.3. The molecule has 27 heavy (non-hydrogen) atoms. The summed E-state index contributed by atoms with van der Waals surface area (Å²) in [5.74, 6) is 2.29. The number of guanidine groups is 1. The summed E-state index contributed by atoms with van der Waals surface area (Å²) in [5, 5.41) is 3.44. The van der Waals surface area contributed by atoms with E-state index < -0.39 is 9.84 Å². The summed E-state index contributed by atoms with van der Waals surface area (Å²) in [6.45, 7) is 2.67. The summed E-state index contributed by atoms with van der Waals surface area (Å²) >= 11 is 0. The number of likely N-dealkylation sites (tertiary alicyclic amines) is 1. The van der Waals surface area contributed by atoms with Crippen LogP contribution in [0.15, 0.2) is 29.3 Å². The summed E-state index contributed by atoms with van der Waals surface area (Å²) in [7, 11) is -1.20. The van der Waals surface area contributed by atoms with Crippen LogP contribution in [-0.4, -0.2) is 57.9 Å². The molecule has 3 aliphatic heterocycles. The average Bonchev–Trinajstić information content (AvgIpc) is 3.27. The maximum absolute atomic E-state index is 11.5. The second kappa shape index (κ2) is 8.24. The number of hydrogen-bond donors (Lipinski definition) is 1. The zero-order valence-corrected chi connectivity index (χ0v) is 18.9. The first-order valence-corrected chi connectivity index (χ1v) is 11.4. The largest absolute Gasteiger partial charge is 0.374 e. The van der Waals surface area contributed by atoms with E-state index in [0.717, 1.165) is 30.2 Å². The van der Waals surface area contributed by atoms with E-state index in [1.165, 1.54) is 19.1 Å². The number of sulfone groups is 1. The molecule has 8 heteroatoms. The van der Waals surface area contributed by atoms with Gasteiger partial charge >= 0.3 is 0 Å². The molecular formula is C19H28IN3O3S. The van der Waals surface area contributed by atoms with E-state index in [4.69, 9.17) is 4.74 Å². The Balaban J connectivity index is 0.00000210. The van der Waals surface area contributed by atoms with Crippen molar-refractivity contribution in [2.24, 2.45) is 16.8 Å². The minimum atomic E-state index is -3.02. The Labute approximate surface area is 178 Å². The summed E-state index contributed by atoms with van der Waals surface area (Å²) in [4.78, 5) is 6.81. The first kappa shape index (κ1) is 20.9. The van der Waals surface area contributed by atoms with Gasteiger partial charge in [0.1, 0.15) is 0 Å². The molecule has 4 atom stereocenters. The van der Waals surface area contributed by atoms with Gasteiger partial charge in [0.25, 0.3) is 0 Å². The fourth-order valence-corrected chi connectivity index (χ4v) is 5.56. The monoisotopic (exact) mass is 505 g/mol. The van der Waals surface area contributed by atoms with Gasteiger partial charge in [-0.1, -0.05) is 24.3 Å². The lowest BCUT2D eigenvalue weighted by Gasteiger charge is -2.23. The molecule has 1 aromatic rings. The van der Waals surface area contributed by atoms with Crippen molar-refractivity contribution in [3.8, 4) is 0 Å². The van der Waals surface area contributed by atoms with Crippen molar-refractivity contribution in [1.82, 2.24) is 10.2 Å². The quantitative estimate of drug-likeness (QED) is 0.386. The van der Waals surface area contributed by atoms with E-state index >= 15 is 0 Å². The van der Waals surface area contributed by atoms with Gasteiger partial charge in [0.05, 0.1) is 18.0 Å². The van der Waals surface area contributed by atoms with Gasteiger partial charge in [0.15, 0.2) is 15.8 Å². The van der Waals surface area contributed by atoms with Crippen LogP contribution in [0.3, 0.4) is 0 Å². The normalized spacial score (nSPS) is 29.6. The van der Waals surface area contributed by atoms with Gasteiger partial charge in [-0.3, -0.25) is 4.99 Å². The lowest BCUT2D eigenvalue weighted by Crippen LogP contribution is -2.41. The van der Waals surface area contributed by atoms with Gasteiger partial charge in [0.2, 0.25) is 0 Å². The first-order chi connectivity index (χ1) is 12.4. The number of nitrogens with zero attached hydrogens (tertiary/aromatic N) is 2. The fraction of sp³-hybridized carbons (Fsp3) is 0.632. The summed E-state index contributed by atoms with van der Waals surface area (Å²) in [6, 6.07) is 7.74. The van der Waals surface area contributed by atoms with Gasteiger partial charge in [0, 0.05) is 44.8 Å². The summed E-state index contributed by atoms with van der Waals surface area (Å²) < 4.78 is 29.0. The zero-order valence-electron chi connectivity index (χ0n) is 15.8. The first-order valence-electron chi connectivity index (χ1n) is 9.29. The third-order valence-electron chi connectivity index (χ3n) is 5.83. The summed E-state index contributed by atoms with van der Waals surface area (Å²) in [6.07, 6.45) is 4.57. The number of halogens is 1. The third-order valence-corrected chi connectivity index (χ3v) is 6.69. The predicted molar refractivity (Wildman–Crippen MR) is 117 cm³/mol. The van der Waals surface area contributed by atoms with Crippen LogP contribution in [0.4, 0.5) is 0 Å². The fourth-order valence-electron chi connectivity index (χ4n) is 4.78. The van der Waals surface area contributed by atoms with Gasteiger partial charge in [-0.25, -0.2) is 8.42 Å². The molecule has 0 saturated carbocycles. The molecule has 0 aromatic heterocycles. The topological polar surface area (TPSA) is 71.0 Å². The molecule has 3 saturated heterocycles. The third kappa shape index (κ3) is 4.59. The van der Waals surface area contributed by atoms with Crippen LogP contribution < -0.4 is 5.32 Å². The molecular weight excluding hydrogens is 477 g/mol. The molecule has 3 heterocycles. The number of rotatable bonds is 4. The second-order valence-corrected chi connectivity index (χ2v) is 9.95. The number of hydrogen-bond acceptors (Lipinski definition) is 4. The van der Waals surface area contributed by atoms with Gasteiger partial charge in [-0.05, 0) is 24.0 Å². The Morgan fingerprint density at radius 1 is 1.22 bits per heavy atom. The lowest BCUT2D eigenvalue weighted by atomic mass is 9.82. The van der Waals surface area contributed by atoms with E-state index in [2.05, 4.69) is 15.2 Å². The Morgan fingerprint density at radius 2 is 1.85 bits per heavy atom. The van der Waals surface area contributed by atoms with Crippen LogP contribution in [0.25, 0.3) is 0 Å². The smallest absolute Gasteiger partial charge is 0.193 e. The molecule has 2 bridgehead atoms. The van der Waals surface area contributed by atoms with Crippen molar-refractivity contribution in [3.63, 3.8) is 0 Å². The maximum atomic E-state index is 11.5. The molecule has 4 rings (SSSR count). The van der Waals surface area contributed by atoms with Crippen LogP contribution in [0.5, 0.6) is 0 Å². The Kier molecular flexibility index (Phi) is 6.37. The van der Waals surface area contributed by atoms with Crippen LogP contribution in [0.1, 0.15) is 24.0 Å². The molecule has 0 aliphatic carbocycles. The second-order valence-electron chi connectivity index (χ2n) is 7.81. The van der Waals surface area contributed by atoms with Crippen LogP contribution in [0.2, 0.25) is 0 Å². The van der Waals surface area contributed by atoms with E-state index in [1.807, 2.05) is 31.3 Å². The van der Waals surface area contributed by atoms with Crippen molar-refractivity contribution in [3.05, 3.63) is 35.4 Å². The molecule has 0 amide bonds. The highest BCUT2D eigenvalue weighted by molar-refractivity contribution is 14.0. The minimum absolute atomic E-state index is 0. The number of aliphatic imine (C=N–C) groups is 1. The van der Waals surface area contributed by atoms with Crippen molar-refractivity contribution >= 4 is 39.8 Å². The van der Waals surface area contributed by atoms with Crippen molar-refractivity contribution < 1.29 is 13.2 Å². The number of fused-ring (bicyclic) bond motifs is 5. The highest BCUT2D eigenvalue weighted by Crippen LogP contribution is 2.47. The minimum Gasteiger partial charge on any atom is -0.374 e. The van der Waals surface area contributed by atoms with Gasteiger partial charge in [-0.15, -0.1) is 24.0 Å². The van der Waals surface area contributed by atoms with E-state index in [-0.39, 0.29) is 29.7 Å². The number of ether oxygens (including phenoxy) is 1. The van der Waals surface area contributed by atoms with E-state index in [0.29, 0.717) is 30.6 Å². The molecule has 1 N–H and O–H groups in total. The number of benzene rings is 1. The highest BCUT2D eigenvalue weighted by atomic mass is 127. The summed E-state index contributed by atoms with van der Waals surface area (Å²) in [5.41, 5.74) is 1.89. The molecule has 150 valence electrons. The predicted octanol–water partition coefficient (Wildman–Crippen LogP) is 2.03. The standard InChI is InChI=1S/C19H27N3O3S.HI/c1-20-19(22-10-15-16(11-22)18-7-6-17(15)25-18)21-9-13-4-3-5-14(8-13)12-26(2,23)24;/h3-5,8,15-18H,6-7,9-12H2,1-2H3,(H,20,21);1H. The van der Waals surface area contributed by atoms with Gasteiger partial charge in [-0.2, -0.15) is 0 Å². The molecule has 4 unspecified atom stereocenters. The number of nitrogens with one attached hydrogen (secondary N) is 1. The molecule has 6 nitrogen and oxygen atoms in total. The SMILES string of the molecule is CN=C(NCc1cccc(CS(C)(=O)=O)c1)N1CC2C3CCC(O3)C2C1.I. The molecule has 1 aromatic carbocycles. The van der Waals surface area contributed by atoms with Crippen LogP contribution in [0, 0.1) is 11.8 Å². The molecule has 0 spiro atoms. The Bertz CT molecular complexity index is 796. The highest BCUT2D eigenvalue weighted by Gasteiger charge is 2.53.